The van der Waals surface area contributed by atoms with E-state index in [0.717, 1.165) is 12.1 Å². The zero-order valence-corrected chi connectivity index (χ0v) is 17.0. The number of furan rings is 1. The van der Waals surface area contributed by atoms with Gasteiger partial charge in [0.05, 0.1) is 19.8 Å². The smallest absolute Gasteiger partial charge is 0.416 e. The topological polar surface area (TPSA) is 87.0 Å². The number of hydrogen-bond acceptors (Lipinski definition) is 6. The van der Waals surface area contributed by atoms with Gasteiger partial charge in [0.1, 0.15) is 17.3 Å². The summed E-state index contributed by atoms with van der Waals surface area (Å²) in [4.78, 5) is 24.3. The number of rotatable bonds is 7. The maximum Gasteiger partial charge on any atom is 0.416 e. The lowest BCUT2D eigenvalue weighted by Gasteiger charge is -2.10. The van der Waals surface area contributed by atoms with E-state index in [1.54, 1.807) is 18.2 Å². The Morgan fingerprint density at radius 2 is 1.66 bits per heavy atom. The van der Waals surface area contributed by atoms with Crippen LogP contribution >= 0.6 is 0 Å². The zero-order chi connectivity index (χ0) is 23.3. The van der Waals surface area contributed by atoms with Gasteiger partial charge in [0, 0.05) is 29.4 Å². The molecule has 2 aromatic carbocycles. The van der Waals surface area contributed by atoms with Gasteiger partial charge < -0.3 is 23.9 Å². The highest BCUT2D eigenvalue weighted by Gasteiger charge is 2.30. The zero-order valence-electron chi connectivity index (χ0n) is 17.0. The van der Waals surface area contributed by atoms with Gasteiger partial charge in [-0.3, -0.25) is 4.79 Å². The van der Waals surface area contributed by atoms with Crippen LogP contribution in [-0.2, 0) is 15.7 Å². The number of halogens is 3. The number of esters is 1. The maximum absolute atomic E-state index is 12.9. The number of anilines is 1. The Morgan fingerprint density at radius 1 is 0.969 bits per heavy atom. The minimum absolute atomic E-state index is 0.0518. The van der Waals surface area contributed by atoms with Crippen LogP contribution in [0, 0.1) is 0 Å². The molecule has 0 fully saturated rings. The number of ether oxygens (including phenoxy) is 3. The second-order valence-corrected chi connectivity index (χ2v) is 6.47. The van der Waals surface area contributed by atoms with Crippen molar-refractivity contribution in [3.63, 3.8) is 0 Å². The number of amides is 1. The highest BCUT2D eigenvalue weighted by Crippen LogP contribution is 2.32. The molecular weight excluding hydrogens is 431 g/mol. The minimum atomic E-state index is -4.51. The molecule has 0 saturated carbocycles. The van der Waals surface area contributed by atoms with Crippen LogP contribution in [0.1, 0.15) is 16.1 Å². The van der Waals surface area contributed by atoms with E-state index in [9.17, 15) is 22.8 Å². The molecule has 3 rings (SSSR count). The lowest BCUT2D eigenvalue weighted by Crippen LogP contribution is -2.20. The Labute approximate surface area is 180 Å². The summed E-state index contributed by atoms with van der Waals surface area (Å²) >= 11 is 0. The third-order valence-electron chi connectivity index (χ3n) is 4.25. The molecule has 168 valence electrons. The van der Waals surface area contributed by atoms with Crippen molar-refractivity contribution in [2.45, 2.75) is 6.18 Å². The summed E-state index contributed by atoms with van der Waals surface area (Å²) in [6, 6.07) is 11.8. The van der Waals surface area contributed by atoms with Gasteiger partial charge in [0.25, 0.3) is 5.91 Å². The van der Waals surface area contributed by atoms with Gasteiger partial charge in [-0.1, -0.05) is 12.1 Å². The molecule has 0 aliphatic heterocycles. The highest BCUT2D eigenvalue weighted by molar-refractivity contribution is 5.95. The molecule has 0 bridgehead atoms. The predicted molar refractivity (Wildman–Crippen MR) is 108 cm³/mol. The fourth-order valence-corrected chi connectivity index (χ4v) is 2.73. The molecule has 7 nitrogen and oxygen atoms in total. The van der Waals surface area contributed by atoms with E-state index in [1.165, 1.54) is 38.5 Å². The van der Waals surface area contributed by atoms with Crippen LogP contribution in [0.4, 0.5) is 18.9 Å². The Morgan fingerprint density at radius 3 is 2.28 bits per heavy atom. The summed E-state index contributed by atoms with van der Waals surface area (Å²) in [6.07, 6.45) is -4.51. The molecule has 0 atom stereocenters. The number of hydrogen-bond donors (Lipinski definition) is 1. The first-order valence-corrected chi connectivity index (χ1v) is 9.17. The molecule has 10 heteroatoms. The predicted octanol–water partition coefficient (Wildman–Crippen LogP) is 4.78. The molecule has 1 aromatic heterocycles. The monoisotopic (exact) mass is 449 g/mol. The second kappa shape index (κ2) is 9.46. The maximum atomic E-state index is 12.9. The van der Waals surface area contributed by atoms with Gasteiger partial charge in [0.15, 0.2) is 6.61 Å². The van der Waals surface area contributed by atoms with E-state index in [-0.39, 0.29) is 17.1 Å². The molecule has 3 aromatic rings. The molecule has 1 N–H and O–H groups in total. The van der Waals surface area contributed by atoms with Crippen molar-refractivity contribution < 1.29 is 41.4 Å². The van der Waals surface area contributed by atoms with E-state index in [1.807, 2.05) is 0 Å². The first-order chi connectivity index (χ1) is 15.2. The lowest BCUT2D eigenvalue weighted by molar-refractivity contribution is -0.137. The Bertz CT molecular complexity index is 1100. The van der Waals surface area contributed by atoms with E-state index >= 15 is 0 Å². The lowest BCUT2D eigenvalue weighted by atomic mass is 10.1. The van der Waals surface area contributed by atoms with Gasteiger partial charge in [-0.25, -0.2) is 4.79 Å². The number of benzene rings is 2. The Balaban J connectivity index is 1.62. The van der Waals surface area contributed by atoms with Crippen molar-refractivity contribution in [3.05, 3.63) is 65.9 Å². The molecule has 1 heterocycles. The number of carbonyl (C=O) groups is 2. The average Bonchev–Trinajstić information content (AvgIpc) is 3.27. The van der Waals surface area contributed by atoms with Crippen molar-refractivity contribution >= 4 is 17.6 Å². The second-order valence-electron chi connectivity index (χ2n) is 6.47. The SMILES string of the molecule is COc1cc(NC(=O)COC(=O)c2ccc(-c3cccc(C(F)(F)F)c3)o2)cc(OC)c1. The van der Waals surface area contributed by atoms with Crippen LogP contribution in [0.5, 0.6) is 11.5 Å². The summed E-state index contributed by atoms with van der Waals surface area (Å²) in [5.41, 5.74) is -0.336. The standard InChI is InChI=1S/C22H18F3NO6/c1-29-16-9-15(10-17(11-16)30-2)26-20(27)12-31-21(28)19-7-6-18(32-19)13-4-3-5-14(8-13)22(23,24)25/h3-11H,12H2,1-2H3,(H,26,27). The number of nitrogens with one attached hydrogen (secondary N) is 1. The Kier molecular flexibility index (Phi) is 6.72. The first kappa shape index (κ1) is 22.7. The van der Waals surface area contributed by atoms with E-state index < -0.39 is 30.2 Å². The van der Waals surface area contributed by atoms with Gasteiger partial charge >= 0.3 is 12.1 Å². The van der Waals surface area contributed by atoms with E-state index in [4.69, 9.17) is 18.6 Å². The third-order valence-corrected chi connectivity index (χ3v) is 4.25. The van der Waals surface area contributed by atoms with E-state index in [2.05, 4.69) is 5.32 Å². The van der Waals surface area contributed by atoms with Crippen LogP contribution in [0.2, 0.25) is 0 Å². The normalized spacial score (nSPS) is 11.0. The van der Waals surface area contributed by atoms with Crippen molar-refractivity contribution in [3.8, 4) is 22.8 Å². The quantitative estimate of drug-likeness (QED) is 0.523. The van der Waals surface area contributed by atoms with Crippen LogP contribution in [0.3, 0.4) is 0 Å². The van der Waals surface area contributed by atoms with Crippen molar-refractivity contribution in [1.29, 1.82) is 0 Å². The van der Waals surface area contributed by atoms with Crippen molar-refractivity contribution in [2.24, 2.45) is 0 Å². The first-order valence-electron chi connectivity index (χ1n) is 9.17. The number of alkyl halides is 3. The average molecular weight is 449 g/mol. The van der Waals surface area contributed by atoms with Crippen LogP contribution in [-0.4, -0.2) is 32.7 Å². The number of methoxy groups -OCH3 is 2. The Hall–Kier alpha value is -3.95. The molecule has 32 heavy (non-hydrogen) atoms. The van der Waals surface area contributed by atoms with Gasteiger partial charge in [0.2, 0.25) is 5.76 Å². The van der Waals surface area contributed by atoms with Crippen molar-refractivity contribution in [2.75, 3.05) is 26.1 Å². The van der Waals surface area contributed by atoms with Crippen LogP contribution in [0.25, 0.3) is 11.3 Å². The number of carbonyl (C=O) groups excluding carboxylic acids is 2. The summed E-state index contributed by atoms with van der Waals surface area (Å²) in [5.74, 6) is -0.868. The summed E-state index contributed by atoms with van der Waals surface area (Å²) in [5, 5.41) is 2.54. The summed E-state index contributed by atoms with van der Waals surface area (Å²) < 4.78 is 59.1. The summed E-state index contributed by atoms with van der Waals surface area (Å²) in [7, 11) is 2.91. The highest BCUT2D eigenvalue weighted by atomic mass is 19.4. The molecule has 0 radical (unpaired) electrons. The fourth-order valence-electron chi connectivity index (χ4n) is 2.73. The molecular formula is C22H18F3NO6. The summed E-state index contributed by atoms with van der Waals surface area (Å²) in [6.45, 7) is -0.613. The largest absolute Gasteiger partial charge is 0.497 e. The van der Waals surface area contributed by atoms with Crippen LogP contribution in [0.15, 0.2) is 59.0 Å². The molecule has 0 aliphatic rings. The van der Waals surface area contributed by atoms with Crippen molar-refractivity contribution in [1.82, 2.24) is 0 Å². The molecule has 1 amide bonds. The minimum Gasteiger partial charge on any atom is -0.497 e. The molecule has 0 unspecified atom stereocenters. The van der Waals surface area contributed by atoms with E-state index in [0.29, 0.717) is 17.2 Å². The van der Waals surface area contributed by atoms with Gasteiger partial charge in [-0.2, -0.15) is 13.2 Å². The molecule has 0 saturated heterocycles. The van der Waals surface area contributed by atoms with Gasteiger partial charge in [-0.15, -0.1) is 0 Å². The third kappa shape index (κ3) is 5.60. The molecule has 0 aliphatic carbocycles. The fraction of sp³-hybridized carbons (Fsp3) is 0.182. The van der Waals surface area contributed by atoms with Crippen LogP contribution < -0.4 is 14.8 Å². The molecule has 0 spiro atoms. The van der Waals surface area contributed by atoms with Gasteiger partial charge in [-0.05, 0) is 24.3 Å².